The van der Waals surface area contributed by atoms with Crippen LogP contribution in [-0.2, 0) is 6.18 Å². The minimum Gasteiger partial charge on any atom is -0.366 e. The van der Waals surface area contributed by atoms with E-state index in [0.29, 0.717) is 17.3 Å². The van der Waals surface area contributed by atoms with E-state index in [-0.39, 0.29) is 11.7 Å². The highest BCUT2D eigenvalue weighted by Gasteiger charge is 2.38. The largest absolute Gasteiger partial charge is 0.453 e. The normalized spacial score (nSPS) is 22.5. The van der Waals surface area contributed by atoms with Crippen molar-refractivity contribution in [2.45, 2.75) is 58.7 Å². The molecular formula is C15H20F3N5. The second kappa shape index (κ2) is 5.65. The third-order valence-electron chi connectivity index (χ3n) is 4.70. The van der Waals surface area contributed by atoms with Crippen molar-refractivity contribution in [3.05, 3.63) is 17.0 Å². The number of rotatable bonds is 2. The molecule has 1 saturated carbocycles. The van der Waals surface area contributed by atoms with Gasteiger partial charge in [-0.2, -0.15) is 17.7 Å². The van der Waals surface area contributed by atoms with E-state index < -0.39 is 12.0 Å². The molecule has 0 unspecified atom stereocenters. The molecule has 2 aromatic rings. The molecule has 1 aliphatic rings. The second-order valence-electron chi connectivity index (χ2n) is 6.46. The van der Waals surface area contributed by atoms with Gasteiger partial charge in [-0.3, -0.25) is 0 Å². The molecule has 2 aromatic heterocycles. The fourth-order valence-corrected chi connectivity index (χ4v) is 3.04. The van der Waals surface area contributed by atoms with Crippen molar-refractivity contribution in [2.24, 2.45) is 5.92 Å². The van der Waals surface area contributed by atoms with Crippen molar-refractivity contribution in [1.82, 2.24) is 19.8 Å². The Kier molecular flexibility index (Phi) is 3.93. The maximum Gasteiger partial charge on any atom is 0.453 e. The maximum atomic E-state index is 13.0. The third-order valence-corrected chi connectivity index (χ3v) is 4.70. The predicted molar refractivity (Wildman–Crippen MR) is 80.3 cm³/mol. The summed E-state index contributed by atoms with van der Waals surface area (Å²) >= 11 is 0. The predicted octanol–water partition coefficient (Wildman–Crippen LogP) is 3.75. The Balaban J connectivity index is 1.98. The fraction of sp³-hybridized carbons (Fsp3) is 0.667. The van der Waals surface area contributed by atoms with Crippen LogP contribution in [-0.4, -0.2) is 25.9 Å². The van der Waals surface area contributed by atoms with Gasteiger partial charge in [-0.25, -0.2) is 0 Å². The Hall–Kier alpha value is -1.86. The monoisotopic (exact) mass is 327 g/mol. The number of hydrogen-bond donors (Lipinski definition) is 1. The molecule has 1 N–H and O–H groups in total. The fourth-order valence-electron chi connectivity index (χ4n) is 3.04. The molecule has 126 valence electrons. The van der Waals surface area contributed by atoms with Crippen molar-refractivity contribution < 1.29 is 13.2 Å². The molecule has 0 spiro atoms. The average molecular weight is 327 g/mol. The lowest BCUT2D eigenvalue weighted by Gasteiger charge is -2.28. The van der Waals surface area contributed by atoms with Crippen LogP contribution in [0.25, 0.3) is 5.65 Å². The van der Waals surface area contributed by atoms with Gasteiger partial charge >= 0.3 is 6.18 Å². The van der Waals surface area contributed by atoms with Gasteiger partial charge in [-0.1, -0.05) is 6.92 Å². The number of hydrogen-bond acceptors (Lipinski definition) is 4. The Morgan fingerprint density at radius 1 is 1.04 bits per heavy atom. The molecule has 0 amide bonds. The number of halogens is 3. The van der Waals surface area contributed by atoms with Crippen LogP contribution in [0.1, 0.15) is 49.6 Å². The Labute approximate surface area is 132 Å². The minimum absolute atomic E-state index is 0.151. The number of anilines is 1. The third kappa shape index (κ3) is 2.98. The summed E-state index contributed by atoms with van der Waals surface area (Å²) in [4.78, 5) is 0. The van der Waals surface area contributed by atoms with Gasteiger partial charge in [0.25, 0.3) is 5.82 Å². The van der Waals surface area contributed by atoms with Gasteiger partial charge in [0.1, 0.15) is 0 Å². The van der Waals surface area contributed by atoms with Crippen LogP contribution >= 0.6 is 0 Å². The summed E-state index contributed by atoms with van der Waals surface area (Å²) in [6.07, 6.45) is -0.316. The van der Waals surface area contributed by atoms with E-state index in [2.05, 4.69) is 27.5 Å². The highest BCUT2D eigenvalue weighted by molar-refractivity contribution is 5.58. The summed E-state index contributed by atoms with van der Waals surface area (Å²) in [5.74, 6) is 0.108. The summed E-state index contributed by atoms with van der Waals surface area (Å²) in [6.45, 7) is 5.82. The molecule has 3 rings (SSSR count). The standard InChI is InChI=1S/C15H20F3N5/c1-8-4-6-11(7-5-8)19-12-9(2)10(3)13-20-21-14(15(16,17)18)23(13)22-12/h8,11H,4-7H2,1-3H3,(H,19,22). The number of fused-ring (bicyclic) bond motifs is 1. The van der Waals surface area contributed by atoms with E-state index in [0.717, 1.165) is 35.8 Å². The molecule has 2 heterocycles. The van der Waals surface area contributed by atoms with Gasteiger partial charge in [-0.15, -0.1) is 15.3 Å². The zero-order chi connectivity index (χ0) is 16.8. The van der Waals surface area contributed by atoms with Crippen LogP contribution in [0.4, 0.5) is 19.0 Å². The first-order chi connectivity index (χ1) is 10.8. The first-order valence-corrected chi connectivity index (χ1v) is 7.83. The zero-order valence-corrected chi connectivity index (χ0v) is 13.4. The number of alkyl halides is 3. The molecule has 5 nitrogen and oxygen atoms in total. The van der Waals surface area contributed by atoms with Crippen LogP contribution in [0, 0.1) is 19.8 Å². The van der Waals surface area contributed by atoms with Crippen molar-refractivity contribution in [1.29, 1.82) is 0 Å². The van der Waals surface area contributed by atoms with E-state index in [9.17, 15) is 13.2 Å². The summed E-state index contributed by atoms with van der Waals surface area (Å²) in [6, 6.07) is 0.250. The second-order valence-corrected chi connectivity index (χ2v) is 6.46. The molecule has 23 heavy (non-hydrogen) atoms. The molecule has 0 aliphatic heterocycles. The number of nitrogens with zero attached hydrogens (tertiary/aromatic N) is 4. The molecule has 0 atom stereocenters. The topological polar surface area (TPSA) is 55.1 Å². The molecule has 8 heteroatoms. The first-order valence-electron chi connectivity index (χ1n) is 7.83. The van der Waals surface area contributed by atoms with Crippen molar-refractivity contribution in [2.75, 3.05) is 5.32 Å². The smallest absolute Gasteiger partial charge is 0.366 e. The summed E-state index contributed by atoms with van der Waals surface area (Å²) in [5.41, 5.74) is 1.63. The highest BCUT2D eigenvalue weighted by atomic mass is 19.4. The summed E-state index contributed by atoms with van der Waals surface area (Å²) in [5, 5.41) is 14.4. The van der Waals surface area contributed by atoms with E-state index in [1.54, 1.807) is 6.92 Å². The van der Waals surface area contributed by atoms with Gasteiger partial charge in [0.2, 0.25) is 0 Å². The van der Waals surface area contributed by atoms with Gasteiger partial charge in [-0.05, 0) is 51.0 Å². The van der Waals surface area contributed by atoms with Crippen LogP contribution in [0.2, 0.25) is 0 Å². The van der Waals surface area contributed by atoms with E-state index in [4.69, 9.17) is 0 Å². The molecule has 1 fully saturated rings. The highest BCUT2D eigenvalue weighted by Crippen LogP contribution is 2.31. The maximum absolute atomic E-state index is 13.0. The molecule has 0 saturated heterocycles. The van der Waals surface area contributed by atoms with Crippen LogP contribution < -0.4 is 5.32 Å². The summed E-state index contributed by atoms with van der Waals surface area (Å²) in [7, 11) is 0. The Bertz CT molecular complexity index is 714. The van der Waals surface area contributed by atoms with E-state index in [1.165, 1.54) is 0 Å². The van der Waals surface area contributed by atoms with Crippen LogP contribution in [0.5, 0.6) is 0 Å². The minimum atomic E-state index is -4.58. The lowest BCUT2D eigenvalue weighted by atomic mass is 9.87. The zero-order valence-electron chi connectivity index (χ0n) is 13.4. The summed E-state index contributed by atoms with van der Waals surface area (Å²) < 4.78 is 39.9. The SMILES string of the molecule is Cc1c(NC2CCC(C)CC2)nn2c(C(F)(F)F)nnc2c1C. The van der Waals surface area contributed by atoms with E-state index >= 15 is 0 Å². The van der Waals surface area contributed by atoms with Crippen LogP contribution in [0.15, 0.2) is 0 Å². The average Bonchev–Trinajstić information content (AvgIpc) is 2.91. The lowest BCUT2D eigenvalue weighted by molar-refractivity contribution is -0.146. The van der Waals surface area contributed by atoms with Gasteiger partial charge < -0.3 is 5.32 Å². The Morgan fingerprint density at radius 2 is 1.70 bits per heavy atom. The van der Waals surface area contributed by atoms with Crippen molar-refractivity contribution >= 4 is 11.5 Å². The molecule has 0 radical (unpaired) electrons. The van der Waals surface area contributed by atoms with Crippen molar-refractivity contribution in [3.8, 4) is 0 Å². The van der Waals surface area contributed by atoms with E-state index in [1.807, 2.05) is 6.92 Å². The molecule has 0 bridgehead atoms. The number of aryl methyl sites for hydroxylation is 1. The van der Waals surface area contributed by atoms with Crippen LogP contribution in [0.3, 0.4) is 0 Å². The molecular weight excluding hydrogens is 307 g/mol. The molecule has 0 aromatic carbocycles. The number of aromatic nitrogens is 4. The lowest BCUT2D eigenvalue weighted by Crippen LogP contribution is -2.27. The quantitative estimate of drug-likeness (QED) is 0.913. The van der Waals surface area contributed by atoms with Gasteiger partial charge in [0.15, 0.2) is 11.5 Å². The molecule has 1 aliphatic carbocycles. The van der Waals surface area contributed by atoms with Gasteiger partial charge in [0, 0.05) is 11.6 Å². The first kappa shape index (κ1) is 16.0. The Morgan fingerprint density at radius 3 is 2.30 bits per heavy atom. The number of nitrogens with one attached hydrogen (secondary N) is 1. The van der Waals surface area contributed by atoms with Gasteiger partial charge in [0.05, 0.1) is 0 Å². The van der Waals surface area contributed by atoms with Crippen molar-refractivity contribution in [3.63, 3.8) is 0 Å².